The van der Waals surface area contributed by atoms with Crippen LogP contribution in [0.2, 0.25) is 0 Å². The predicted molar refractivity (Wildman–Crippen MR) is 78.0 cm³/mol. The summed E-state index contributed by atoms with van der Waals surface area (Å²) in [6.07, 6.45) is 1.18. The summed E-state index contributed by atoms with van der Waals surface area (Å²) < 4.78 is 5.31. The maximum absolute atomic E-state index is 10.2. The number of carbonyl (C=O) groups is 1. The molecule has 3 rings (SSSR count). The molecule has 1 aliphatic rings. The van der Waals surface area contributed by atoms with Crippen LogP contribution >= 0.6 is 0 Å². The van der Waals surface area contributed by atoms with Gasteiger partial charge in [0.05, 0.1) is 12.2 Å². The highest BCUT2D eigenvalue weighted by Gasteiger charge is 2.16. The van der Waals surface area contributed by atoms with Crippen molar-refractivity contribution in [3.63, 3.8) is 0 Å². The highest BCUT2D eigenvalue weighted by molar-refractivity contribution is 5.87. The molecule has 1 saturated heterocycles. The van der Waals surface area contributed by atoms with Crippen molar-refractivity contribution >= 4 is 5.97 Å². The summed E-state index contributed by atoms with van der Waals surface area (Å²) in [6.45, 7) is 1.84. The van der Waals surface area contributed by atoms with Crippen LogP contribution in [0, 0.1) is 0 Å². The minimum Gasteiger partial charge on any atom is -0.478 e. The summed E-state index contributed by atoms with van der Waals surface area (Å²) in [5, 5.41) is 8.38. The van der Waals surface area contributed by atoms with Gasteiger partial charge in [0.25, 0.3) is 0 Å². The Labute approximate surface area is 118 Å². The molecule has 0 radical (unpaired) electrons. The third kappa shape index (κ3) is 4.21. The highest BCUT2D eigenvalue weighted by atomic mass is 16.5. The Balaban J connectivity index is 0.000000151. The van der Waals surface area contributed by atoms with Crippen LogP contribution in [-0.2, 0) is 4.74 Å². The zero-order chi connectivity index (χ0) is 14.2. The van der Waals surface area contributed by atoms with E-state index in [0.717, 1.165) is 13.2 Å². The minimum absolute atomic E-state index is 0.331. The summed E-state index contributed by atoms with van der Waals surface area (Å²) >= 11 is 0. The largest absolute Gasteiger partial charge is 0.478 e. The second-order valence-corrected chi connectivity index (χ2v) is 4.64. The minimum atomic E-state index is -0.879. The first-order valence-electron chi connectivity index (χ1n) is 6.68. The van der Waals surface area contributed by atoms with E-state index in [1.165, 1.54) is 12.0 Å². The molecule has 1 fully saturated rings. The van der Waals surface area contributed by atoms with Crippen LogP contribution in [0.3, 0.4) is 0 Å². The van der Waals surface area contributed by atoms with Crippen molar-refractivity contribution < 1.29 is 14.6 Å². The molecule has 3 heteroatoms. The van der Waals surface area contributed by atoms with Gasteiger partial charge >= 0.3 is 5.97 Å². The van der Waals surface area contributed by atoms with E-state index in [9.17, 15) is 4.79 Å². The fourth-order valence-electron chi connectivity index (χ4n) is 2.10. The molecular formula is C17H18O3. The Kier molecular flexibility index (Phi) is 5.33. The van der Waals surface area contributed by atoms with Crippen molar-refractivity contribution in [1.29, 1.82) is 0 Å². The maximum atomic E-state index is 10.2. The number of hydrogen-bond acceptors (Lipinski definition) is 2. The van der Waals surface area contributed by atoms with E-state index < -0.39 is 5.97 Å². The Morgan fingerprint density at radius 2 is 1.60 bits per heavy atom. The van der Waals surface area contributed by atoms with E-state index in [-0.39, 0.29) is 0 Å². The zero-order valence-corrected chi connectivity index (χ0v) is 11.2. The molecule has 0 spiro atoms. The smallest absolute Gasteiger partial charge is 0.335 e. The average Bonchev–Trinajstić information content (AvgIpc) is 3.04. The first kappa shape index (κ1) is 14.3. The summed E-state index contributed by atoms with van der Waals surface area (Å²) in [7, 11) is 0. The molecule has 0 amide bonds. The topological polar surface area (TPSA) is 46.5 Å². The van der Waals surface area contributed by atoms with Crippen molar-refractivity contribution in [2.24, 2.45) is 0 Å². The molecule has 1 N–H and O–H groups in total. The maximum Gasteiger partial charge on any atom is 0.335 e. The van der Waals surface area contributed by atoms with Gasteiger partial charge in [0.2, 0.25) is 0 Å². The molecule has 3 nitrogen and oxygen atoms in total. The molecule has 0 aromatic heterocycles. The van der Waals surface area contributed by atoms with Crippen LogP contribution in [0.15, 0.2) is 60.7 Å². The van der Waals surface area contributed by atoms with E-state index in [1.54, 1.807) is 30.3 Å². The molecule has 0 saturated carbocycles. The third-order valence-electron chi connectivity index (χ3n) is 3.22. The van der Waals surface area contributed by atoms with E-state index in [2.05, 4.69) is 30.3 Å². The van der Waals surface area contributed by atoms with E-state index in [4.69, 9.17) is 9.84 Å². The van der Waals surface area contributed by atoms with Gasteiger partial charge in [-0.3, -0.25) is 0 Å². The molecule has 1 atom stereocenters. The fraction of sp³-hybridized carbons (Fsp3) is 0.235. The zero-order valence-electron chi connectivity index (χ0n) is 11.2. The van der Waals surface area contributed by atoms with E-state index >= 15 is 0 Å². The van der Waals surface area contributed by atoms with Crippen LogP contribution in [-0.4, -0.2) is 24.3 Å². The average molecular weight is 270 g/mol. The van der Waals surface area contributed by atoms with Crippen molar-refractivity contribution in [1.82, 2.24) is 0 Å². The van der Waals surface area contributed by atoms with Gasteiger partial charge in [-0.1, -0.05) is 48.5 Å². The molecular weight excluding hydrogens is 252 g/mol. The standard InChI is InChI=1S/C10H12O.C7H6O2/c1-2-4-9(5-3-1)10-6-7-11-8-10;8-7(9)6-4-2-1-3-5-6/h1-5,10H,6-8H2;1-5H,(H,8,9). The van der Waals surface area contributed by atoms with Gasteiger partial charge in [0.15, 0.2) is 0 Å². The number of rotatable bonds is 2. The SMILES string of the molecule is O=C(O)c1ccccc1.c1ccc(C2CCOC2)cc1. The van der Waals surface area contributed by atoms with Crippen molar-refractivity contribution in [3.05, 3.63) is 71.8 Å². The predicted octanol–water partition coefficient (Wildman–Crippen LogP) is 3.58. The van der Waals surface area contributed by atoms with Crippen LogP contribution in [0.4, 0.5) is 0 Å². The molecule has 20 heavy (non-hydrogen) atoms. The monoisotopic (exact) mass is 270 g/mol. The molecule has 2 aromatic rings. The lowest BCUT2D eigenvalue weighted by Gasteiger charge is -2.05. The van der Waals surface area contributed by atoms with Crippen LogP contribution in [0.25, 0.3) is 0 Å². The Morgan fingerprint density at radius 3 is 2.05 bits per heavy atom. The molecule has 1 unspecified atom stereocenters. The van der Waals surface area contributed by atoms with Gasteiger partial charge in [-0.15, -0.1) is 0 Å². The number of hydrogen-bond donors (Lipinski definition) is 1. The van der Waals surface area contributed by atoms with Crippen LogP contribution in [0.1, 0.15) is 28.3 Å². The van der Waals surface area contributed by atoms with Gasteiger partial charge < -0.3 is 9.84 Å². The number of aromatic carboxylic acids is 1. The lowest BCUT2D eigenvalue weighted by Crippen LogP contribution is -1.95. The number of carboxylic acid groups (broad SMARTS) is 1. The van der Waals surface area contributed by atoms with Gasteiger partial charge in [0.1, 0.15) is 0 Å². The molecule has 1 aliphatic heterocycles. The third-order valence-corrected chi connectivity index (χ3v) is 3.22. The van der Waals surface area contributed by atoms with Crippen LogP contribution < -0.4 is 0 Å². The summed E-state index contributed by atoms with van der Waals surface area (Å²) in [4.78, 5) is 10.2. The number of ether oxygens (including phenoxy) is 1. The lowest BCUT2D eigenvalue weighted by atomic mass is 9.99. The summed E-state index contributed by atoms with van der Waals surface area (Å²) in [5.74, 6) is -0.230. The summed E-state index contributed by atoms with van der Waals surface area (Å²) in [6, 6.07) is 18.9. The van der Waals surface area contributed by atoms with E-state index in [0.29, 0.717) is 11.5 Å². The van der Waals surface area contributed by atoms with Gasteiger partial charge in [-0.2, -0.15) is 0 Å². The van der Waals surface area contributed by atoms with Crippen molar-refractivity contribution in [3.8, 4) is 0 Å². The highest BCUT2D eigenvalue weighted by Crippen LogP contribution is 2.24. The van der Waals surface area contributed by atoms with Crippen LogP contribution in [0.5, 0.6) is 0 Å². The molecule has 0 bridgehead atoms. The molecule has 0 aliphatic carbocycles. The van der Waals surface area contributed by atoms with E-state index in [1.807, 2.05) is 0 Å². The van der Waals surface area contributed by atoms with Crippen molar-refractivity contribution in [2.45, 2.75) is 12.3 Å². The summed E-state index contributed by atoms with van der Waals surface area (Å²) in [5.41, 5.74) is 1.75. The normalized spacial score (nSPS) is 17.1. The molecule has 1 heterocycles. The van der Waals surface area contributed by atoms with Gasteiger partial charge in [0, 0.05) is 12.5 Å². The Hall–Kier alpha value is -2.13. The lowest BCUT2D eigenvalue weighted by molar-refractivity contribution is 0.0697. The number of benzene rings is 2. The van der Waals surface area contributed by atoms with Gasteiger partial charge in [-0.05, 0) is 24.1 Å². The quantitative estimate of drug-likeness (QED) is 0.907. The molecule has 104 valence electrons. The van der Waals surface area contributed by atoms with Gasteiger partial charge in [-0.25, -0.2) is 4.79 Å². The van der Waals surface area contributed by atoms with Crippen molar-refractivity contribution in [2.75, 3.05) is 13.2 Å². The molecule has 2 aromatic carbocycles. The Morgan fingerprint density at radius 1 is 1.00 bits per heavy atom. The first-order chi connectivity index (χ1) is 9.77. The number of carboxylic acids is 1. The Bertz CT molecular complexity index is 516. The second kappa shape index (κ2) is 7.46. The fourth-order valence-corrected chi connectivity index (χ4v) is 2.10. The second-order valence-electron chi connectivity index (χ2n) is 4.64. The first-order valence-corrected chi connectivity index (χ1v) is 6.68.